The minimum atomic E-state index is -1.18. The summed E-state index contributed by atoms with van der Waals surface area (Å²) in [5.74, 6) is -1.18. The second-order valence-electron chi connectivity index (χ2n) is 4.07. The molecule has 1 aromatic heterocycles. The Bertz CT molecular complexity index is 449. The highest BCUT2D eigenvalue weighted by molar-refractivity contribution is 7.09. The number of aliphatic hydroxyl groups excluding tert-OH is 1. The zero-order valence-electron chi connectivity index (χ0n) is 10.7. The number of urea groups is 1. The quantitative estimate of drug-likeness (QED) is 0.613. The number of aromatic nitrogens is 1. The van der Waals surface area contributed by atoms with Gasteiger partial charge in [-0.1, -0.05) is 0 Å². The molecule has 4 N–H and O–H groups in total. The number of nitrogens with one attached hydrogen (secondary N) is 2. The summed E-state index contributed by atoms with van der Waals surface area (Å²) < 4.78 is 0. The Morgan fingerprint density at radius 1 is 1.47 bits per heavy atom. The van der Waals surface area contributed by atoms with Crippen LogP contribution in [0.25, 0.3) is 0 Å². The van der Waals surface area contributed by atoms with Crippen molar-refractivity contribution in [1.82, 2.24) is 15.6 Å². The van der Waals surface area contributed by atoms with Gasteiger partial charge in [-0.05, 0) is 13.8 Å². The second kappa shape index (κ2) is 7.05. The van der Waals surface area contributed by atoms with E-state index in [9.17, 15) is 9.59 Å². The van der Waals surface area contributed by atoms with Gasteiger partial charge >= 0.3 is 12.0 Å². The summed E-state index contributed by atoms with van der Waals surface area (Å²) in [6.07, 6.45) is -0.0342. The predicted octanol–water partition coefficient (Wildman–Crippen LogP) is 0.647. The number of carboxylic acids is 1. The van der Waals surface area contributed by atoms with Gasteiger partial charge in [-0.2, -0.15) is 0 Å². The van der Waals surface area contributed by atoms with Gasteiger partial charge in [0.2, 0.25) is 0 Å². The van der Waals surface area contributed by atoms with Gasteiger partial charge in [-0.3, -0.25) is 0 Å². The fraction of sp³-hybridized carbons (Fsp3) is 0.545. The van der Waals surface area contributed by atoms with Crippen LogP contribution < -0.4 is 10.6 Å². The number of aryl methyl sites for hydroxylation is 1. The Hall–Kier alpha value is -1.67. The van der Waals surface area contributed by atoms with Crippen molar-refractivity contribution >= 4 is 23.3 Å². The standard InChI is InChI=1S/C11H17N3O4S/c1-6-5-19-9(12-6)7(2)13-11(18)14-8(3-4-15)10(16)17/h5,7-8,15H,3-4H2,1-2H3,(H,16,17)(H2,13,14,18)/t7?,8-/m1/s1. The van der Waals surface area contributed by atoms with Gasteiger partial charge in [-0.15, -0.1) is 11.3 Å². The molecule has 0 bridgehead atoms. The van der Waals surface area contributed by atoms with E-state index in [2.05, 4.69) is 15.6 Å². The molecule has 0 aromatic carbocycles. The van der Waals surface area contributed by atoms with Crippen LogP contribution in [0.2, 0.25) is 0 Å². The fourth-order valence-electron chi connectivity index (χ4n) is 1.42. The average Bonchev–Trinajstić information content (AvgIpc) is 2.75. The molecular formula is C11H17N3O4S. The average molecular weight is 287 g/mol. The Morgan fingerprint density at radius 2 is 2.16 bits per heavy atom. The van der Waals surface area contributed by atoms with Crippen molar-refractivity contribution in [3.63, 3.8) is 0 Å². The van der Waals surface area contributed by atoms with E-state index in [-0.39, 0.29) is 19.1 Å². The van der Waals surface area contributed by atoms with Crippen LogP contribution >= 0.6 is 11.3 Å². The van der Waals surface area contributed by atoms with E-state index in [1.807, 2.05) is 12.3 Å². The number of rotatable bonds is 6. The number of carbonyl (C=O) groups is 2. The summed E-state index contributed by atoms with van der Waals surface area (Å²) in [6.45, 7) is 3.31. The largest absolute Gasteiger partial charge is 0.480 e. The van der Waals surface area contributed by atoms with Gasteiger partial charge in [0.25, 0.3) is 0 Å². The number of carbonyl (C=O) groups excluding carboxylic acids is 1. The maximum absolute atomic E-state index is 11.6. The lowest BCUT2D eigenvalue weighted by molar-refractivity contribution is -0.139. The number of aliphatic hydroxyl groups is 1. The van der Waals surface area contributed by atoms with Gasteiger partial charge in [0.1, 0.15) is 11.0 Å². The predicted molar refractivity (Wildman–Crippen MR) is 70.1 cm³/mol. The van der Waals surface area contributed by atoms with E-state index in [0.717, 1.165) is 10.7 Å². The molecule has 19 heavy (non-hydrogen) atoms. The number of hydrogen-bond donors (Lipinski definition) is 4. The number of nitrogens with zero attached hydrogens (tertiary/aromatic N) is 1. The minimum absolute atomic E-state index is 0.0342. The molecule has 2 atom stereocenters. The highest BCUT2D eigenvalue weighted by Crippen LogP contribution is 2.17. The lowest BCUT2D eigenvalue weighted by atomic mass is 10.2. The molecule has 0 radical (unpaired) electrons. The fourth-order valence-corrected chi connectivity index (χ4v) is 2.22. The summed E-state index contributed by atoms with van der Waals surface area (Å²) in [7, 11) is 0. The SMILES string of the molecule is Cc1csc(C(C)NC(=O)N[C@H](CCO)C(=O)O)n1. The number of aliphatic carboxylic acids is 1. The van der Waals surface area contributed by atoms with Crippen LogP contribution in [0.15, 0.2) is 5.38 Å². The molecule has 8 heteroatoms. The minimum Gasteiger partial charge on any atom is -0.480 e. The van der Waals surface area contributed by atoms with Gasteiger partial charge in [-0.25, -0.2) is 14.6 Å². The van der Waals surface area contributed by atoms with Crippen LogP contribution in [0, 0.1) is 6.92 Å². The molecule has 0 aliphatic rings. The highest BCUT2D eigenvalue weighted by Gasteiger charge is 2.20. The van der Waals surface area contributed by atoms with Gasteiger partial charge in [0.15, 0.2) is 0 Å². The Balaban J connectivity index is 2.52. The lowest BCUT2D eigenvalue weighted by Crippen LogP contribution is -2.47. The summed E-state index contributed by atoms with van der Waals surface area (Å²) in [6, 6.07) is -2.00. The Kier molecular flexibility index (Phi) is 5.71. The van der Waals surface area contributed by atoms with Gasteiger partial charge < -0.3 is 20.8 Å². The van der Waals surface area contributed by atoms with E-state index in [0.29, 0.717) is 0 Å². The van der Waals surface area contributed by atoms with Crippen molar-refractivity contribution in [3.8, 4) is 0 Å². The Morgan fingerprint density at radius 3 is 2.63 bits per heavy atom. The maximum atomic E-state index is 11.6. The molecule has 1 heterocycles. The van der Waals surface area contributed by atoms with E-state index in [1.54, 1.807) is 6.92 Å². The first-order valence-corrected chi connectivity index (χ1v) is 6.64. The van der Waals surface area contributed by atoms with Gasteiger partial charge in [0.05, 0.1) is 6.04 Å². The second-order valence-corrected chi connectivity index (χ2v) is 4.96. The third-order valence-corrected chi connectivity index (χ3v) is 3.52. The lowest BCUT2D eigenvalue weighted by Gasteiger charge is -2.16. The van der Waals surface area contributed by atoms with Crippen LogP contribution in [0.5, 0.6) is 0 Å². The van der Waals surface area contributed by atoms with Crippen molar-refractivity contribution < 1.29 is 19.8 Å². The Labute approximate surface area is 114 Å². The smallest absolute Gasteiger partial charge is 0.326 e. The van der Waals surface area contributed by atoms with Crippen LogP contribution in [0.4, 0.5) is 4.79 Å². The third kappa shape index (κ3) is 4.84. The molecule has 1 rings (SSSR count). The van der Waals surface area contributed by atoms with E-state index < -0.39 is 18.0 Å². The summed E-state index contributed by atoms with van der Waals surface area (Å²) in [5, 5.41) is 25.1. The van der Waals surface area contributed by atoms with Crippen LogP contribution in [-0.2, 0) is 4.79 Å². The molecule has 106 valence electrons. The zero-order chi connectivity index (χ0) is 14.4. The number of thiazole rings is 1. The van der Waals surface area contributed by atoms with Crippen molar-refractivity contribution in [2.75, 3.05) is 6.61 Å². The molecule has 1 aromatic rings. The molecule has 0 saturated carbocycles. The molecular weight excluding hydrogens is 270 g/mol. The highest BCUT2D eigenvalue weighted by atomic mass is 32.1. The molecule has 0 saturated heterocycles. The number of amides is 2. The number of hydrogen-bond acceptors (Lipinski definition) is 5. The molecule has 0 aliphatic heterocycles. The van der Waals surface area contributed by atoms with Crippen molar-refractivity contribution in [2.24, 2.45) is 0 Å². The van der Waals surface area contributed by atoms with Gasteiger partial charge in [0, 0.05) is 24.1 Å². The first-order valence-electron chi connectivity index (χ1n) is 5.76. The third-order valence-electron chi connectivity index (χ3n) is 2.38. The monoisotopic (exact) mass is 287 g/mol. The van der Waals surface area contributed by atoms with Crippen LogP contribution in [0.3, 0.4) is 0 Å². The maximum Gasteiger partial charge on any atom is 0.326 e. The summed E-state index contributed by atoms with van der Waals surface area (Å²) in [5.41, 5.74) is 0.873. The zero-order valence-corrected chi connectivity index (χ0v) is 11.5. The molecule has 2 amide bonds. The molecule has 0 spiro atoms. The molecule has 1 unspecified atom stereocenters. The van der Waals surface area contributed by atoms with E-state index in [4.69, 9.17) is 10.2 Å². The summed E-state index contributed by atoms with van der Waals surface area (Å²) >= 11 is 1.43. The van der Waals surface area contributed by atoms with E-state index in [1.165, 1.54) is 11.3 Å². The van der Waals surface area contributed by atoms with E-state index >= 15 is 0 Å². The van der Waals surface area contributed by atoms with Crippen molar-refractivity contribution in [1.29, 1.82) is 0 Å². The van der Waals surface area contributed by atoms with Crippen molar-refractivity contribution in [2.45, 2.75) is 32.4 Å². The van der Waals surface area contributed by atoms with Crippen molar-refractivity contribution in [3.05, 3.63) is 16.1 Å². The number of carboxylic acid groups (broad SMARTS) is 1. The molecule has 0 fully saturated rings. The van der Waals surface area contributed by atoms with Crippen LogP contribution in [0.1, 0.15) is 30.1 Å². The topological polar surface area (TPSA) is 112 Å². The first-order chi connectivity index (χ1) is 8.93. The summed E-state index contributed by atoms with van der Waals surface area (Å²) in [4.78, 5) is 26.7. The molecule has 7 nitrogen and oxygen atoms in total. The molecule has 0 aliphatic carbocycles. The first kappa shape index (κ1) is 15.4. The van der Waals surface area contributed by atoms with Crippen LogP contribution in [-0.4, -0.2) is 39.8 Å². The normalized spacial score (nSPS) is 13.6.